The van der Waals surface area contributed by atoms with Gasteiger partial charge in [0.15, 0.2) is 0 Å². The van der Waals surface area contributed by atoms with E-state index in [4.69, 9.17) is 4.74 Å². The van der Waals surface area contributed by atoms with Crippen LogP contribution in [0, 0.1) is 0 Å². The van der Waals surface area contributed by atoms with Crippen LogP contribution in [0.25, 0.3) is 0 Å². The van der Waals surface area contributed by atoms with Crippen LogP contribution in [0.5, 0.6) is 5.75 Å². The van der Waals surface area contributed by atoms with Crippen LogP contribution >= 0.6 is 0 Å². The minimum Gasteiger partial charge on any atom is -0.497 e. The molecule has 2 amide bonds. The fourth-order valence-corrected chi connectivity index (χ4v) is 1.24. The molecule has 4 nitrogen and oxygen atoms in total. The van der Waals surface area contributed by atoms with Crippen molar-refractivity contribution >= 4 is 6.03 Å². The Kier molecular flexibility index (Phi) is 4.64. The molecule has 0 saturated heterocycles. The molecular weight excluding hydrogens is 204 g/mol. The van der Waals surface area contributed by atoms with Crippen molar-refractivity contribution in [1.82, 2.24) is 10.2 Å². The number of amides is 2. The Labute approximate surface area is 96.2 Å². The number of hydrogen-bond donors (Lipinski definition) is 1. The number of methoxy groups -OCH3 is 1. The highest BCUT2D eigenvalue weighted by molar-refractivity contribution is 5.73. The summed E-state index contributed by atoms with van der Waals surface area (Å²) in [6.07, 6.45) is 0. The Hall–Kier alpha value is -1.71. The van der Waals surface area contributed by atoms with Crippen LogP contribution in [-0.2, 0) is 6.54 Å². The number of nitrogens with zero attached hydrogens (tertiary/aromatic N) is 1. The third kappa shape index (κ3) is 3.46. The first-order valence-electron chi connectivity index (χ1n) is 5.29. The van der Waals surface area contributed by atoms with Gasteiger partial charge in [0.25, 0.3) is 0 Å². The zero-order chi connectivity index (χ0) is 12.0. The molecule has 1 rings (SSSR count). The number of hydrogen-bond acceptors (Lipinski definition) is 2. The first-order chi connectivity index (χ1) is 7.67. The van der Waals surface area contributed by atoms with Crippen molar-refractivity contribution in [2.75, 3.05) is 20.7 Å². The largest absolute Gasteiger partial charge is 0.497 e. The molecule has 0 aromatic heterocycles. The summed E-state index contributed by atoms with van der Waals surface area (Å²) in [6, 6.07) is 7.58. The third-order valence-electron chi connectivity index (χ3n) is 2.40. The minimum absolute atomic E-state index is 0.0645. The van der Waals surface area contributed by atoms with Crippen LogP contribution in [0.2, 0.25) is 0 Å². The van der Waals surface area contributed by atoms with E-state index in [9.17, 15) is 4.79 Å². The lowest BCUT2D eigenvalue weighted by atomic mass is 10.2. The molecule has 1 aromatic rings. The number of nitrogens with one attached hydrogen (secondary N) is 1. The molecular formula is C12H18N2O2. The zero-order valence-corrected chi connectivity index (χ0v) is 9.99. The Morgan fingerprint density at radius 3 is 2.88 bits per heavy atom. The number of urea groups is 1. The van der Waals surface area contributed by atoms with E-state index in [1.54, 1.807) is 19.1 Å². The fourth-order valence-electron chi connectivity index (χ4n) is 1.24. The second kappa shape index (κ2) is 6.00. The second-order valence-corrected chi connectivity index (χ2v) is 3.52. The van der Waals surface area contributed by atoms with Gasteiger partial charge in [-0.1, -0.05) is 12.1 Å². The van der Waals surface area contributed by atoms with E-state index in [2.05, 4.69) is 5.32 Å². The summed E-state index contributed by atoms with van der Waals surface area (Å²) in [4.78, 5) is 13.1. The second-order valence-electron chi connectivity index (χ2n) is 3.52. The van der Waals surface area contributed by atoms with E-state index < -0.39 is 0 Å². The SMILES string of the molecule is CCN(C)C(=O)NCc1cccc(OC)c1. The summed E-state index contributed by atoms with van der Waals surface area (Å²) < 4.78 is 5.11. The Morgan fingerprint density at radius 1 is 1.50 bits per heavy atom. The zero-order valence-electron chi connectivity index (χ0n) is 9.99. The highest BCUT2D eigenvalue weighted by atomic mass is 16.5. The van der Waals surface area contributed by atoms with Gasteiger partial charge in [0.05, 0.1) is 7.11 Å². The molecule has 0 bridgehead atoms. The van der Waals surface area contributed by atoms with E-state index in [0.717, 1.165) is 11.3 Å². The third-order valence-corrected chi connectivity index (χ3v) is 2.40. The molecule has 1 aromatic carbocycles. The monoisotopic (exact) mass is 222 g/mol. The summed E-state index contributed by atoms with van der Waals surface area (Å²) in [7, 11) is 3.39. The maximum Gasteiger partial charge on any atom is 0.317 e. The topological polar surface area (TPSA) is 41.6 Å². The molecule has 0 fully saturated rings. The molecule has 0 aliphatic rings. The van der Waals surface area contributed by atoms with Gasteiger partial charge >= 0.3 is 6.03 Å². The van der Waals surface area contributed by atoms with Gasteiger partial charge in [0, 0.05) is 20.1 Å². The van der Waals surface area contributed by atoms with Crippen molar-refractivity contribution in [3.8, 4) is 5.75 Å². The van der Waals surface area contributed by atoms with Crippen molar-refractivity contribution < 1.29 is 9.53 Å². The molecule has 0 spiro atoms. The maximum atomic E-state index is 11.5. The van der Waals surface area contributed by atoms with Gasteiger partial charge < -0.3 is 15.0 Å². The van der Waals surface area contributed by atoms with Crippen LogP contribution in [0.15, 0.2) is 24.3 Å². The van der Waals surface area contributed by atoms with E-state index in [1.165, 1.54) is 0 Å². The van der Waals surface area contributed by atoms with Crippen LogP contribution in [0.4, 0.5) is 4.79 Å². The van der Waals surface area contributed by atoms with Crippen LogP contribution in [-0.4, -0.2) is 31.6 Å². The molecule has 0 heterocycles. The van der Waals surface area contributed by atoms with E-state index in [0.29, 0.717) is 13.1 Å². The van der Waals surface area contributed by atoms with Crippen molar-refractivity contribution in [2.24, 2.45) is 0 Å². The summed E-state index contributed by atoms with van der Waals surface area (Å²) in [5.41, 5.74) is 1.03. The first kappa shape index (κ1) is 12.4. The number of carbonyl (C=O) groups is 1. The van der Waals surface area contributed by atoms with E-state index in [-0.39, 0.29) is 6.03 Å². The van der Waals surface area contributed by atoms with Crippen molar-refractivity contribution in [2.45, 2.75) is 13.5 Å². The van der Waals surface area contributed by atoms with Crippen LogP contribution < -0.4 is 10.1 Å². The van der Waals surface area contributed by atoms with Gasteiger partial charge in [-0.3, -0.25) is 0 Å². The predicted octanol–water partition coefficient (Wildman–Crippen LogP) is 1.86. The highest BCUT2D eigenvalue weighted by Crippen LogP contribution is 2.12. The molecule has 0 radical (unpaired) electrons. The number of benzene rings is 1. The summed E-state index contributed by atoms with van der Waals surface area (Å²) in [6.45, 7) is 3.15. The number of rotatable bonds is 4. The fraction of sp³-hybridized carbons (Fsp3) is 0.417. The predicted molar refractivity (Wildman–Crippen MR) is 63.5 cm³/mol. The Balaban J connectivity index is 2.51. The summed E-state index contributed by atoms with van der Waals surface area (Å²) in [5.74, 6) is 0.801. The first-order valence-corrected chi connectivity index (χ1v) is 5.29. The molecule has 0 saturated carbocycles. The molecule has 0 aliphatic carbocycles. The Morgan fingerprint density at radius 2 is 2.25 bits per heavy atom. The Bertz CT molecular complexity index is 353. The summed E-state index contributed by atoms with van der Waals surface area (Å²) >= 11 is 0. The average molecular weight is 222 g/mol. The molecule has 0 unspecified atom stereocenters. The standard InChI is InChI=1S/C12H18N2O2/c1-4-14(2)12(15)13-9-10-6-5-7-11(8-10)16-3/h5-8H,4,9H2,1-3H3,(H,13,15). The van der Waals surface area contributed by atoms with E-state index in [1.807, 2.05) is 31.2 Å². The smallest absolute Gasteiger partial charge is 0.317 e. The number of ether oxygens (including phenoxy) is 1. The van der Waals surface area contributed by atoms with Gasteiger partial charge in [-0.05, 0) is 24.6 Å². The molecule has 0 atom stereocenters. The van der Waals surface area contributed by atoms with Gasteiger partial charge in [-0.2, -0.15) is 0 Å². The maximum absolute atomic E-state index is 11.5. The van der Waals surface area contributed by atoms with Crippen LogP contribution in [0.3, 0.4) is 0 Å². The lowest BCUT2D eigenvalue weighted by Crippen LogP contribution is -2.36. The highest BCUT2D eigenvalue weighted by Gasteiger charge is 2.05. The van der Waals surface area contributed by atoms with E-state index >= 15 is 0 Å². The number of carbonyl (C=O) groups excluding carboxylic acids is 1. The van der Waals surface area contributed by atoms with Crippen molar-refractivity contribution in [3.05, 3.63) is 29.8 Å². The normalized spacial score (nSPS) is 9.69. The van der Waals surface area contributed by atoms with Gasteiger partial charge in [0.1, 0.15) is 5.75 Å². The molecule has 16 heavy (non-hydrogen) atoms. The lowest BCUT2D eigenvalue weighted by molar-refractivity contribution is 0.210. The lowest BCUT2D eigenvalue weighted by Gasteiger charge is -2.15. The van der Waals surface area contributed by atoms with Crippen molar-refractivity contribution in [1.29, 1.82) is 0 Å². The average Bonchev–Trinajstić information content (AvgIpc) is 2.35. The quantitative estimate of drug-likeness (QED) is 0.844. The van der Waals surface area contributed by atoms with Crippen LogP contribution in [0.1, 0.15) is 12.5 Å². The van der Waals surface area contributed by atoms with Gasteiger partial charge in [-0.25, -0.2) is 4.79 Å². The summed E-state index contributed by atoms with van der Waals surface area (Å²) in [5, 5.41) is 2.83. The molecule has 88 valence electrons. The molecule has 0 aliphatic heterocycles. The molecule has 4 heteroatoms. The molecule has 1 N–H and O–H groups in total. The van der Waals surface area contributed by atoms with Gasteiger partial charge in [0.2, 0.25) is 0 Å². The minimum atomic E-state index is -0.0645. The van der Waals surface area contributed by atoms with Gasteiger partial charge in [-0.15, -0.1) is 0 Å². The van der Waals surface area contributed by atoms with Crippen molar-refractivity contribution in [3.63, 3.8) is 0 Å².